The number of anilines is 2. The van der Waals surface area contributed by atoms with Crippen LogP contribution in [-0.4, -0.2) is 26.0 Å². The topological polar surface area (TPSA) is 23.6 Å². The molecule has 0 fully saturated rings. The maximum Gasteiger partial charge on any atom is 0.246 e. The van der Waals surface area contributed by atoms with Crippen molar-refractivity contribution in [2.75, 3.05) is 29.9 Å². The molecule has 0 bridgehead atoms. The predicted octanol–water partition coefficient (Wildman–Crippen LogP) is 1.49. The zero-order valence-electron chi connectivity index (χ0n) is 8.53. The average molecular weight is 190 g/mol. The van der Waals surface area contributed by atoms with E-state index in [4.69, 9.17) is 0 Å². The number of nitrogens with zero attached hydrogens (tertiary/aromatic N) is 2. The lowest BCUT2D eigenvalue weighted by Gasteiger charge is -2.34. The lowest BCUT2D eigenvalue weighted by atomic mass is 10.1. The Morgan fingerprint density at radius 3 is 2.57 bits per heavy atom. The molecule has 0 radical (unpaired) electrons. The van der Waals surface area contributed by atoms with Crippen LogP contribution in [0.25, 0.3) is 0 Å². The van der Waals surface area contributed by atoms with Crippen molar-refractivity contribution in [2.24, 2.45) is 0 Å². The number of rotatable bonds is 1. The number of hydrogen-bond acceptors (Lipinski definition) is 2. The van der Waals surface area contributed by atoms with Crippen molar-refractivity contribution >= 4 is 17.3 Å². The molecule has 1 aliphatic heterocycles. The van der Waals surface area contributed by atoms with Crippen molar-refractivity contribution in [1.29, 1.82) is 0 Å². The van der Waals surface area contributed by atoms with Crippen LogP contribution in [0, 0.1) is 0 Å². The molecular weight excluding hydrogens is 176 g/mol. The van der Waals surface area contributed by atoms with Crippen LogP contribution in [0.2, 0.25) is 0 Å². The van der Waals surface area contributed by atoms with E-state index in [1.165, 1.54) is 0 Å². The number of amides is 1. The molecule has 1 heterocycles. The summed E-state index contributed by atoms with van der Waals surface area (Å²) in [6, 6.07) is 8.00. The standard InChI is InChI=1S/C11H14N2O/c1-3-13-8-11(14)12(2)9-6-4-5-7-10(9)13/h4-7H,3,8H2,1-2H3. The fourth-order valence-electron chi connectivity index (χ4n) is 1.79. The predicted molar refractivity (Wildman–Crippen MR) is 57.7 cm³/mol. The van der Waals surface area contributed by atoms with Gasteiger partial charge >= 0.3 is 0 Å². The average Bonchev–Trinajstić information content (AvgIpc) is 2.23. The van der Waals surface area contributed by atoms with E-state index in [1.54, 1.807) is 4.90 Å². The first-order valence-electron chi connectivity index (χ1n) is 4.84. The maximum atomic E-state index is 11.6. The highest BCUT2D eigenvalue weighted by Gasteiger charge is 2.24. The van der Waals surface area contributed by atoms with Gasteiger partial charge in [0, 0.05) is 13.6 Å². The molecule has 0 aliphatic carbocycles. The quantitative estimate of drug-likeness (QED) is 0.669. The van der Waals surface area contributed by atoms with Crippen molar-refractivity contribution in [3.63, 3.8) is 0 Å². The third-order valence-corrected chi connectivity index (χ3v) is 2.67. The van der Waals surface area contributed by atoms with Crippen LogP contribution in [0.5, 0.6) is 0 Å². The maximum absolute atomic E-state index is 11.6. The van der Waals surface area contributed by atoms with E-state index in [2.05, 4.69) is 17.9 Å². The Morgan fingerprint density at radius 1 is 1.29 bits per heavy atom. The Kier molecular flexibility index (Phi) is 2.15. The molecule has 1 aliphatic rings. The van der Waals surface area contributed by atoms with Gasteiger partial charge in [-0.15, -0.1) is 0 Å². The van der Waals surface area contributed by atoms with Crippen LogP contribution in [0.3, 0.4) is 0 Å². The minimum atomic E-state index is 0.158. The molecule has 14 heavy (non-hydrogen) atoms. The number of benzene rings is 1. The molecule has 3 nitrogen and oxygen atoms in total. The monoisotopic (exact) mass is 190 g/mol. The van der Waals surface area contributed by atoms with Crippen LogP contribution in [-0.2, 0) is 4.79 Å². The van der Waals surface area contributed by atoms with Gasteiger partial charge in [0.05, 0.1) is 17.9 Å². The van der Waals surface area contributed by atoms with E-state index in [1.807, 2.05) is 25.2 Å². The molecule has 1 aromatic carbocycles. The van der Waals surface area contributed by atoms with Gasteiger partial charge in [0.2, 0.25) is 5.91 Å². The van der Waals surface area contributed by atoms with Crippen LogP contribution in [0.4, 0.5) is 11.4 Å². The number of carbonyl (C=O) groups is 1. The first kappa shape index (κ1) is 9.06. The Labute approximate surface area is 83.9 Å². The molecule has 0 saturated carbocycles. The number of carbonyl (C=O) groups excluding carboxylic acids is 1. The van der Waals surface area contributed by atoms with Crippen LogP contribution >= 0.6 is 0 Å². The van der Waals surface area contributed by atoms with Gasteiger partial charge in [-0.1, -0.05) is 12.1 Å². The number of para-hydroxylation sites is 2. The number of hydrogen-bond donors (Lipinski definition) is 0. The third kappa shape index (κ3) is 1.25. The number of fused-ring (bicyclic) bond motifs is 1. The van der Waals surface area contributed by atoms with Crippen molar-refractivity contribution in [2.45, 2.75) is 6.92 Å². The van der Waals surface area contributed by atoms with E-state index in [0.717, 1.165) is 17.9 Å². The molecule has 0 aromatic heterocycles. The fourth-order valence-corrected chi connectivity index (χ4v) is 1.79. The summed E-state index contributed by atoms with van der Waals surface area (Å²) in [6.07, 6.45) is 0. The summed E-state index contributed by atoms with van der Waals surface area (Å²) in [4.78, 5) is 15.4. The fraction of sp³-hybridized carbons (Fsp3) is 0.364. The molecule has 0 saturated heterocycles. The summed E-state index contributed by atoms with van der Waals surface area (Å²) in [6.45, 7) is 3.43. The van der Waals surface area contributed by atoms with Crippen LogP contribution in [0.1, 0.15) is 6.92 Å². The van der Waals surface area contributed by atoms with Gasteiger partial charge in [0.25, 0.3) is 0 Å². The lowest BCUT2D eigenvalue weighted by Crippen LogP contribution is -2.43. The first-order valence-corrected chi connectivity index (χ1v) is 4.84. The Balaban J connectivity index is 2.49. The normalized spacial score (nSPS) is 15.7. The molecule has 3 heteroatoms. The summed E-state index contributed by atoms with van der Waals surface area (Å²) in [5, 5.41) is 0. The third-order valence-electron chi connectivity index (χ3n) is 2.67. The number of likely N-dealkylation sites (N-methyl/N-ethyl adjacent to an activating group) is 2. The molecule has 1 aromatic rings. The molecule has 0 unspecified atom stereocenters. The van der Waals surface area contributed by atoms with Crippen LogP contribution < -0.4 is 9.80 Å². The lowest BCUT2D eigenvalue weighted by molar-refractivity contribution is -0.117. The van der Waals surface area contributed by atoms with Crippen LogP contribution in [0.15, 0.2) is 24.3 Å². The molecule has 0 spiro atoms. The second-order valence-corrected chi connectivity index (χ2v) is 3.46. The van der Waals surface area contributed by atoms with Gasteiger partial charge in [0.15, 0.2) is 0 Å². The molecular formula is C11H14N2O. The Morgan fingerprint density at radius 2 is 1.93 bits per heavy atom. The van der Waals surface area contributed by atoms with Gasteiger partial charge in [-0.3, -0.25) is 4.79 Å². The highest BCUT2D eigenvalue weighted by molar-refractivity contribution is 6.02. The highest BCUT2D eigenvalue weighted by atomic mass is 16.2. The summed E-state index contributed by atoms with van der Waals surface area (Å²) < 4.78 is 0. The van der Waals surface area contributed by atoms with Crippen molar-refractivity contribution < 1.29 is 4.79 Å². The smallest absolute Gasteiger partial charge is 0.246 e. The minimum Gasteiger partial charge on any atom is -0.361 e. The highest BCUT2D eigenvalue weighted by Crippen LogP contribution is 2.31. The van der Waals surface area contributed by atoms with Gasteiger partial charge < -0.3 is 9.80 Å². The zero-order chi connectivity index (χ0) is 10.1. The summed E-state index contributed by atoms with van der Waals surface area (Å²) in [5.41, 5.74) is 2.16. The second kappa shape index (κ2) is 3.33. The second-order valence-electron chi connectivity index (χ2n) is 3.46. The summed E-state index contributed by atoms with van der Waals surface area (Å²) in [5.74, 6) is 0.158. The molecule has 2 rings (SSSR count). The minimum absolute atomic E-state index is 0.158. The van der Waals surface area contributed by atoms with Gasteiger partial charge in [-0.05, 0) is 19.1 Å². The molecule has 74 valence electrons. The zero-order valence-corrected chi connectivity index (χ0v) is 8.53. The van der Waals surface area contributed by atoms with E-state index in [0.29, 0.717) is 6.54 Å². The molecule has 0 atom stereocenters. The van der Waals surface area contributed by atoms with E-state index < -0.39 is 0 Å². The SMILES string of the molecule is CCN1CC(=O)N(C)c2ccccc21. The van der Waals surface area contributed by atoms with E-state index >= 15 is 0 Å². The Hall–Kier alpha value is -1.51. The molecule has 0 N–H and O–H groups in total. The van der Waals surface area contributed by atoms with E-state index in [9.17, 15) is 4.79 Å². The van der Waals surface area contributed by atoms with Crippen molar-refractivity contribution in [3.05, 3.63) is 24.3 Å². The first-order chi connectivity index (χ1) is 6.74. The van der Waals surface area contributed by atoms with Crippen molar-refractivity contribution in [3.8, 4) is 0 Å². The van der Waals surface area contributed by atoms with Gasteiger partial charge in [-0.2, -0.15) is 0 Å². The molecule has 1 amide bonds. The van der Waals surface area contributed by atoms with Crippen molar-refractivity contribution in [1.82, 2.24) is 0 Å². The van der Waals surface area contributed by atoms with Gasteiger partial charge in [-0.25, -0.2) is 0 Å². The van der Waals surface area contributed by atoms with E-state index in [-0.39, 0.29) is 5.91 Å². The largest absolute Gasteiger partial charge is 0.361 e. The van der Waals surface area contributed by atoms with Gasteiger partial charge in [0.1, 0.15) is 0 Å². The summed E-state index contributed by atoms with van der Waals surface area (Å²) in [7, 11) is 1.83. The summed E-state index contributed by atoms with van der Waals surface area (Å²) >= 11 is 0. The Bertz CT molecular complexity index is 362.